The number of ether oxygens (including phenoxy) is 1. The highest BCUT2D eigenvalue weighted by Gasteiger charge is 2.07. The van der Waals surface area contributed by atoms with Crippen LogP contribution in [-0.2, 0) is 19.3 Å². The van der Waals surface area contributed by atoms with Crippen LogP contribution in [0.5, 0.6) is 5.75 Å². The van der Waals surface area contributed by atoms with Crippen LogP contribution < -0.4 is 10.1 Å². The predicted octanol–water partition coefficient (Wildman–Crippen LogP) is 5.00. The van der Waals surface area contributed by atoms with E-state index in [0.717, 1.165) is 37.1 Å². The number of benzene rings is 3. The minimum absolute atomic E-state index is 0.514. The third kappa shape index (κ3) is 6.90. The Morgan fingerprint density at radius 1 is 0.862 bits per heavy atom. The minimum Gasteiger partial charge on any atom is -0.497 e. The molecule has 3 aromatic carbocycles. The Hall–Kier alpha value is -2.33. The van der Waals surface area contributed by atoms with E-state index in [4.69, 9.17) is 16.3 Å². The summed E-state index contributed by atoms with van der Waals surface area (Å²) < 4.78 is 5.20. The van der Waals surface area contributed by atoms with E-state index in [0.29, 0.717) is 11.6 Å². The lowest BCUT2D eigenvalue weighted by Crippen LogP contribution is -2.23. The van der Waals surface area contributed by atoms with Crippen LogP contribution in [0, 0.1) is 0 Å². The molecule has 0 saturated heterocycles. The summed E-state index contributed by atoms with van der Waals surface area (Å²) in [5, 5.41) is 14.2. The number of aliphatic hydroxyl groups is 1. The fourth-order valence-corrected chi connectivity index (χ4v) is 3.46. The van der Waals surface area contributed by atoms with Crippen LogP contribution in [0.15, 0.2) is 72.8 Å². The van der Waals surface area contributed by atoms with Gasteiger partial charge >= 0.3 is 0 Å². The summed E-state index contributed by atoms with van der Waals surface area (Å²) >= 11 is 5.98. The van der Waals surface area contributed by atoms with Crippen molar-refractivity contribution in [1.29, 1.82) is 0 Å². The number of halogens is 1. The molecule has 29 heavy (non-hydrogen) atoms. The second-order valence-electron chi connectivity index (χ2n) is 7.19. The van der Waals surface area contributed by atoms with Crippen molar-refractivity contribution in [1.82, 2.24) is 5.32 Å². The molecule has 0 spiro atoms. The van der Waals surface area contributed by atoms with Crippen molar-refractivity contribution in [2.75, 3.05) is 20.2 Å². The van der Waals surface area contributed by atoms with Gasteiger partial charge in [0, 0.05) is 11.6 Å². The van der Waals surface area contributed by atoms with Crippen molar-refractivity contribution in [3.8, 4) is 5.75 Å². The molecule has 1 atom stereocenters. The highest BCUT2D eigenvalue weighted by atomic mass is 35.5. The number of hydrogen-bond acceptors (Lipinski definition) is 3. The van der Waals surface area contributed by atoms with E-state index < -0.39 is 6.10 Å². The maximum absolute atomic E-state index is 10.2. The summed E-state index contributed by atoms with van der Waals surface area (Å²) in [6.45, 7) is 1.34. The van der Waals surface area contributed by atoms with Crippen LogP contribution >= 0.6 is 11.6 Å². The maximum Gasteiger partial charge on any atom is 0.118 e. The molecule has 3 nitrogen and oxygen atoms in total. The minimum atomic E-state index is -0.547. The largest absolute Gasteiger partial charge is 0.497 e. The van der Waals surface area contributed by atoms with Gasteiger partial charge in [0.05, 0.1) is 13.2 Å². The van der Waals surface area contributed by atoms with Gasteiger partial charge in [-0.05, 0) is 72.3 Å². The summed E-state index contributed by atoms with van der Waals surface area (Å²) in [6, 6.07) is 24.4. The average Bonchev–Trinajstić information content (AvgIpc) is 2.76. The van der Waals surface area contributed by atoms with Gasteiger partial charge in [-0.15, -0.1) is 0 Å². The molecule has 2 N–H and O–H groups in total. The number of aliphatic hydroxyl groups excluding tert-OH is 1. The van der Waals surface area contributed by atoms with Gasteiger partial charge in [0.15, 0.2) is 0 Å². The smallest absolute Gasteiger partial charge is 0.118 e. The molecule has 0 aliphatic rings. The second-order valence-corrected chi connectivity index (χ2v) is 7.63. The molecule has 1 unspecified atom stereocenters. The highest BCUT2D eigenvalue weighted by Crippen LogP contribution is 2.17. The van der Waals surface area contributed by atoms with Crippen molar-refractivity contribution in [2.24, 2.45) is 0 Å². The molecule has 3 aromatic rings. The van der Waals surface area contributed by atoms with Crippen molar-refractivity contribution in [3.63, 3.8) is 0 Å². The Balaban J connectivity index is 1.38. The van der Waals surface area contributed by atoms with E-state index in [9.17, 15) is 5.11 Å². The van der Waals surface area contributed by atoms with Gasteiger partial charge in [0.1, 0.15) is 5.75 Å². The second kappa shape index (κ2) is 11.0. The van der Waals surface area contributed by atoms with Crippen LogP contribution in [0.25, 0.3) is 0 Å². The van der Waals surface area contributed by atoms with Gasteiger partial charge in [-0.3, -0.25) is 0 Å². The van der Waals surface area contributed by atoms with Crippen LogP contribution in [0.3, 0.4) is 0 Å². The van der Waals surface area contributed by atoms with E-state index in [1.165, 1.54) is 16.7 Å². The van der Waals surface area contributed by atoms with Gasteiger partial charge in [0.25, 0.3) is 0 Å². The summed E-state index contributed by atoms with van der Waals surface area (Å²) in [4.78, 5) is 0. The number of methoxy groups -OCH3 is 1. The third-order valence-corrected chi connectivity index (χ3v) is 5.28. The number of nitrogens with one attached hydrogen (secondary N) is 1. The lowest BCUT2D eigenvalue weighted by Gasteiger charge is -2.12. The van der Waals surface area contributed by atoms with Gasteiger partial charge in [-0.1, -0.05) is 60.1 Å². The summed E-state index contributed by atoms with van der Waals surface area (Å²) in [7, 11) is 1.69. The summed E-state index contributed by atoms with van der Waals surface area (Å²) in [5.74, 6) is 0.895. The third-order valence-electron chi connectivity index (χ3n) is 5.05. The molecule has 0 aromatic heterocycles. The van der Waals surface area contributed by atoms with Crippen molar-refractivity contribution < 1.29 is 9.84 Å². The first-order valence-electron chi connectivity index (χ1n) is 9.99. The van der Waals surface area contributed by atoms with E-state index in [1.807, 2.05) is 30.3 Å². The molecule has 3 rings (SSSR count). The Kier molecular flexibility index (Phi) is 8.12. The molecule has 4 heteroatoms. The van der Waals surface area contributed by atoms with E-state index >= 15 is 0 Å². The zero-order chi connectivity index (χ0) is 20.5. The molecule has 0 saturated carbocycles. The average molecular weight is 410 g/mol. The number of hydrogen-bond donors (Lipinski definition) is 2. The SMILES string of the molecule is COc1ccc(CCc2ccc(CCNCC(O)c3cccc(Cl)c3)cc2)cc1. The van der Waals surface area contributed by atoms with Gasteiger partial charge in [0.2, 0.25) is 0 Å². The summed E-state index contributed by atoms with van der Waals surface area (Å²) in [5.41, 5.74) is 4.79. The van der Waals surface area contributed by atoms with Crippen LogP contribution in [0.1, 0.15) is 28.4 Å². The Morgan fingerprint density at radius 2 is 1.45 bits per heavy atom. The topological polar surface area (TPSA) is 41.5 Å². The summed E-state index contributed by atoms with van der Waals surface area (Å²) in [6.07, 6.45) is 2.43. The van der Waals surface area contributed by atoms with Crippen LogP contribution in [0.4, 0.5) is 0 Å². The first kappa shape index (κ1) is 21.4. The molecule has 0 heterocycles. The fourth-order valence-electron chi connectivity index (χ4n) is 3.26. The standard InChI is InChI=1S/C25H28ClNO2/c1-29-24-13-11-20(12-14-24)6-5-19-7-9-21(10-8-19)15-16-27-18-25(28)22-3-2-4-23(26)17-22/h2-4,7-14,17,25,27-28H,5-6,15-16,18H2,1H3. The van der Waals surface area contributed by atoms with E-state index in [2.05, 4.69) is 41.7 Å². The van der Waals surface area contributed by atoms with Crippen molar-refractivity contribution >= 4 is 11.6 Å². The zero-order valence-corrected chi connectivity index (χ0v) is 17.5. The molecule has 0 bridgehead atoms. The number of rotatable bonds is 10. The fraction of sp³-hybridized carbons (Fsp3) is 0.280. The quantitative estimate of drug-likeness (QED) is 0.463. The van der Waals surface area contributed by atoms with Crippen molar-refractivity contribution in [3.05, 3.63) is 100 Å². The molecule has 0 fully saturated rings. The maximum atomic E-state index is 10.2. The first-order valence-corrected chi connectivity index (χ1v) is 10.4. The van der Waals surface area contributed by atoms with E-state index in [1.54, 1.807) is 13.2 Å². The Morgan fingerprint density at radius 3 is 2.03 bits per heavy atom. The predicted molar refractivity (Wildman–Crippen MR) is 120 cm³/mol. The Labute approximate surface area is 178 Å². The van der Waals surface area contributed by atoms with Gasteiger partial charge in [-0.2, -0.15) is 0 Å². The molecule has 0 aliphatic heterocycles. The Bertz CT molecular complexity index is 878. The lowest BCUT2D eigenvalue weighted by molar-refractivity contribution is 0.175. The van der Waals surface area contributed by atoms with Gasteiger partial charge < -0.3 is 15.2 Å². The molecule has 0 aliphatic carbocycles. The molecule has 152 valence electrons. The molecular weight excluding hydrogens is 382 g/mol. The monoisotopic (exact) mass is 409 g/mol. The highest BCUT2D eigenvalue weighted by molar-refractivity contribution is 6.30. The van der Waals surface area contributed by atoms with Gasteiger partial charge in [-0.25, -0.2) is 0 Å². The number of aryl methyl sites for hydroxylation is 2. The molecular formula is C25H28ClNO2. The van der Waals surface area contributed by atoms with Crippen LogP contribution in [-0.4, -0.2) is 25.3 Å². The van der Waals surface area contributed by atoms with Crippen LogP contribution in [0.2, 0.25) is 5.02 Å². The zero-order valence-electron chi connectivity index (χ0n) is 16.8. The molecule has 0 radical (unpaired) electrons. The molecule has 0 amide bonds. The van der Waals surface area contributed by atoms with E-state index in [-0.39, 0.29) is 0 Å². The lowest BCUT2D eigenvalue weighted by atomic mass is 10.0. The van der Waals surface area contributed by atoms with Crippen molar-refractivity contribution in [2.45, 2.75) is 25.4 Å². The first-order chi connectivity index (χ1) is 14.1. The normalized spacial score (nSPS) is 12.0.